The van der Waals surface area contributed by atoms with Crippen molar-refractivity contribution < 1.29 is 17.9 Å². The molecule has 0 spiro atoms. The monoisotopic (exact) mass is 348 g/mol. The molecule has 2 aromatic carbocycles. The molecule has 3 nitrogen and oxygen atoms in total. The van der Waals surface area contributed by atoms with Gasteiger partial charge in [-0.15, -0.1) is 13.2 Å². The molecule has 25 heavy (non-hydrogen) atoms. The van der Waals surface area contributed by atoms with Gasteiger partial charge in [0.05, 0.1) is 0 Å². The van der Waals surface area contributed by atoms with E-state index >= 15 is 0 Å². The average molecular weight is 348 g/mol. The Balaban J connectivity index is 1.80. The van der Waals surface area contributed by atoms with Gasteiger partial charge in [0.2, 0.25) is 0 Å². The number of para-hydroxylation sites is 1. The second kappa shape index (κ2) is 6.26. The van der Waals surface area contributed by atoms with Gasteiger partial charge in [-0.2, -0.15) is 0 Å². The average Bonchev–Trinajstić information content (AvgIpc) is 2.76. The number of nitrogens with one attached hydrogen (secondary N) is 2. The SMILES string of the molecule is FC(F)(F)Oc1ccccc1-c1cccc2c1C1CCNCCC1N2. The maximum atomic E-state index is 12.8. The van der Waals surface area contributed by atoms with Crippen molar-refractivity contribution >= 4 is 5.69 Å². The number of hydrogen-bond acceptors (Lipinski definition) is 3. The van der Waals surface area contributed by atoms with Gasteiger partial charge in [0.15, 0.2) is 0 Å². The zero-order valence-electron chi connectivity index (χ0n) is 13.6. The fourth-order valence-corrected chi connectivity index (χ4v) is 3.99. The Hall–Kier alpha value is -2.21. The van der Waals surface area contributed by atoms with Crippen LogP contribution in [0.2, 0.25) is 0 Å². The molecule has 1 saturated heterocycles. The maximum Gasteiger partial charge on any atom is 0.573 e. The molecule has 0 amide bonds. The molecule has 0 bridgehead atoms. The lowest BCUT2D eigenvalue weighted by atomic mass is 9.85. The Morgan fingerprint density at radius 2 is 1.68 bits per heavy atom. The van der Waals surface area contributed by atoms with Gasteiger partial charge in [-0.05, 0) is 49.2 Å². The van der Waals surface area contributed by atoms with E-state index in [1.165, 1.54) is 6.07 Å². The first-order valence-corrected chi connectivity index (χ1v) is 8.48. The minimum Gasteiger partial charge on any atom is -0.405 e. The van der Waals surface area contributed by atoms with Crippen molar-refractivity contribution in [2.75, 3.05) is 18.4 Å². The zero-order chi connectivity index (χ0) is 17.4. The molecule has 0 radical (unpaired) electrons. The van der Waals surface area contributed by atoms with Crippen molar-refractivity contribution in [1.82, 2.24) is 5.32 Å². The van der Waals surface area contributed by atoms with Crippen LogP contribution in [-0.4, -0.2) is 25.5 Å². The smallest absolute Gasteiger partial charge is 0.405 e. The fraction of sp³-hybridized carbons (Fsp3) is 0.368. The molecule has 0 aliphatic carbocycles. The van der Waals surface area contributed by atoms with E-state index in [-0.39, 0.29) is 5.75 Å². The van der Waals surface area contributed by atoms with Gasteiger partial charge >= 0.3 is 6.36 Å². The lowest BCUT2D eigenvalue weighted by Crippen LogP contribution is -2.21. The first-order valence-electron chi connectivity index (χ1n) is 8.48. The Morgan fingerprint density at radius 3 is 2.52 bits per heavy atom. The van der Waals surface area contributed by atoms with Gasteiger partial charge in [-0.1, -0.05) is 30.3 Å². The van der Waals surface area contributed by atoms with Crippen molar-refractivity contribution in [3.8, 4) is 16.9 Å². The lowest BCUT2D eigenvalue weighted by molar-refractivity contribution is -0.274. The molecule has 2 aliphatic rings. The molecule has 0 saturated carbocycles. The van der Waals surface area contributed by atoms with E-state index in [4.69, 9.17) is 0 Å². The van der Waals surface area contributed by atoms with Crippen LogP contribution in [-0.2, 0) is 0 Å². The van der Waals surface area contributed by atoms with Crippen molar-refractivity contribution in [2.45, 2.75) is 31.2 Å². The number of halogens is 3. The van der Waals surface area contributed by atoms with Gasteiger partial charge in [-0.25, -0.2) is 0 Å². The molecule has 2 unspecified atom stereocenters. The molecule has 132 valence electrons. The van der Waals surface area contributed by atoms with Gasteiger partial charge in [-0.3, -0.25) is 0 Å². The van der Waals surface area contributed by atoms with E-state index < -0.39 is 6.36 Å². The first kappa shape index (κ1) is 16.3. The van der Waals surface area contributed by atoms with Crippen molar-refractivity contribution in [3.63, 3.8) is 0 Å². The summed E-state index contributed by atoms with van der Waals surface area (Å²) in [5.41, 5.74) is 3.43. The van der Waals surface area contributed by atoms with E-state index in [9.17, 15) is 13.2 Å². The largest absolute Gasteiger partial charge is 0.573 e. The van der Waals surface area contributed by atoms with Crippen LogP contribution in [0.25, 0.3) is 11.1 Å². The van der Waals surface area contributed by atoms with E-state index in [2.05, 4.69) is 15.4 Å². The molecule has 2 atom stereocenters. The van der Waals surface area contributed by atoms with Crippen LogP contribution < -0.4 is 15.4 Å². The summed E-state index contributed by atoms with van der Waals surface area (Å²) in [4.78, 5) is 0. The highest BCUT2D eigenvalue weighted by Crippen LogP contribution is 2.47. The Bertz CT molecular complexity index is 776. The van der Waals surface area contributed by atoms with Gasteiger partial charge < -0.3 is 15.4 Å². The number of fused-ring (bicyclic) bond motifs is 3. The summed E-state index contributed by atoms with van der Waals surface area (Å²) < 4.78 is 42.6. The van der Waals surface area contributed by atoms with Crippen LogP contribution in [0.3, 0.4) is 0 Å². The van der Waals surface area contributed by atoms with Crippen molar-refractivity contribution in [2.24, 2.45) is 0 Å². The normalized spacial score (nSPS) is 22.5. The topological polar surface area (TPSA) is 33.3 Å². The minimum absolute atomic E-state index is 0.154. The molecule has 1 fully saturated rings. The van der Waals surface area contributed by atoms with Crippen molar-refractivity contribution in [3.05, 3.63) is 48.0 Å². The summed E-state index contributed by atoms with van der Waals surface area (Å²) in [5, 5.41) is 6.95. The van der Waals surface area contributed by atoms with Crippen molar-refractivity contribution in [1.29, 1.82) is 0 Å². The second-order valence-electron chi connectivity index (χ2n) is 6.50. The number of benzene rings is 2. The highest BCUT2D eigenvalue weighted by molar-refractivity contribution is 5.81. The number of hydrogen-bond donors (Lipinski definition) is 2. The zero-order valence-corrected chi connectivity index (χ0v) is 13.6. The Kier molecular flexibility index (Phi) is 4.07. The van der Waals surface area contributed by atoms with E-state index in [0.29, 0.717) is 17.5 Å². The Labute approximate surface area is 144 Å². The Morgan fingerprint density at radius 1 is 0.920 bits per heavy atom. The van der Waals surface area contributed by atoms with Gasteiger partial charge in [0, 0.05) is 23.2 Å². The number of rotatable bonds is 2. The van der Waals surface area contributed by atoms with E-state index in [1.807, 2.05) is 18.2 Å². The predicted octanol–water partition coefficient (Wildman–Crippen LogP) is 4.51. The van der Waals surface area contributed by atoms with Crippen LogP contribution >= 0.6 is 0 Å². The molecule has 2 N–H and O–H groups in total. The first-order chi connectivity index (χ1) is 12.0. The quantitative estimate of drug-likeness (QED) is 0.838. The molecule has 2 aliphatic heterocycles. The highest BCUT2D eigenvalue weighted by Gasteiger charge is 2.36. The predicted molar refractivity (Wildman–Crippen MR) is 90.8 cm³/mol. The summed E-state index contributed by atoms with van der Waals surface area (Å²) in [7, 11) is 0. The number of ether oxygens (including phenoxy) is 1. The summed E-state index contributed by atoms with van der Waals surface area (Å²) >= 11 is 0. The third-order valence-corrected chi connectivity index (χ3v) is 4.97. The lowest BCUT2D eigenvalue weighted by Gasteiger charge is -2.19. The molecule has 4 rings (SSSR count). The number of alkyl halides is 3. The molecular weight excluding hydrogens is 329 g/mol. The number of anilines is 1. The summed E-state index contributed by atoms with van der Waals surface area (Å²) in [6, 6.07) is 12.5. The maximum absolute atomic E-state index is 12.8. The van der Waals surface area contributed by atoms with E-state index in [0.717, 1.165) is 42.7 Å². The summed E-state index contributed by atoms with van der Waals surface area (Å²) in [6.07, 6.45) is -2.75. The fourth-order valence-electron chi connectivity index (χ4n) is 3.99. The van der Waals surface area contributed by atoms with Crippen LogP contribution in [0.5, 0.6) is 5.75 Å². The van der Waals surface area contributed by atoms with Crippen LogP contribution in [0.1, 0.15) is 24.3 Å². The second-order valence-corrected chi connectivity index (χ2v) is 6.50. The molecule has 0 aromatic heterocycles. The highest BCUT2D eigenvalue weighted by atomic mass is 19.4. The van der Waals surface area contributed by atoms with Crippen LogP contribution in [0.15, 0.2) is 42.5 Å². The molecule has 2 aromatic rings. The standard InChI is InChI=1S/C19H19F3N2O/c20-19(21,22)25-17-7-2-1-4-12(17)13-5-3-6-16-18(13)14-8-10-23-11-9-15(14)24-16/h1-7,14-15,23-24H,8-11H2. The minimum atomic E-state index is -4.71. The summed E-state index contributed by atoms with van der Waals surface area (Å²) in [5.74, 6) is 0.138. The van der Waals surface area contributed by atoms with Gasteiger partial charge in [0.25, 0.3) is 0 Å². The van der Waals surface area contributed by atoms with Crippen LogP contribution in [0, 0.1) is 0 Å². The van der Waals surface area contributed by atoms with E-state index in [1.54, 1.807) is 18.2 Å². The third-order valence-electron chi connectivity index (χ3n) is 4.97. The molecule has 2 heterocycles. The third kappa shape index (κ3) is 3.18. The van der Waals surface area contributed by atoms with Crippen LogP contribution in [0.4, 0.5) is 18.9 Å². The summed E-state index contributed by atoms with van der Waals surface area (Å²) in [6.45, 7) is 1.86. The molecular formula is C19H19F3N2O. The van der Waals surface area contributed by atoms with Gasteiger partial charge in [0.1, 0.15) is 5.75 Å². The molecule has 6 heteroatoms.